The number of allylic oxidation sites excluding steroid dienone is 1. The number of ether oxygens (including phenoxy) is 2. The second-order valence-electron chi connectivity index (χ2n) is 6.59. The maximum absolute atomic E-state index is 9.89. The lowest BCUT2D eigenvalue weighted by Gasteiger charge is -2.10. The van der Waals surface area contributed by atoms with E-state index in [1.807, 2.05) is 54.7 Å². The summed E-state index contributed by atoms with van der Waals surface area (Å²) in [6, 6.07) is 16.0. The van der Waals surface area contributed by atoms with Crippen LogP contribution in [0.15, 0.2) is 75.3 Å². The number of pyridine rings is 1. The molecule has 0 aliphatic heterocycles. The second-order valence-corrected chi connectivity index (χ2v) is 8.63. The van der Waals surface area contributed by atoms with Crippen molar-refractivity contribution in [2.45, 2.75) is 9.79 Å². The summed E-state index contributed by atoms with van der Waals surface area (Å²) in [7, 11) is 3.23. The molecule has 2 aromatic heterocycles. The number of fused-ring (bicyclic) bond motifs is 1. The molecule has 0 saturated carbocycles. The van der Waals surface area contributed by atoms with Gasteiger partial charge in [-0.3, -0.25) is 4.98 Å². The van der Waals surface area contributed by atoms with Gasteiger partial charge < -0.3 is 14.5 Å². The largest absolute Gasteiger partial charge is 0.493 e. The number of halogens is 1. The molecule has 0 amide bonds. The summed E-state index contributed by atoms with van der Waals surface area (Å²) < 4.78 is 11.7. The molecule has 7 heteroatoms. The van der Waals surface area contributed by atoms with E-state index in [0.717, 1.165) is 36.3 Å². The average molecular weight is 492 g/mol. The monoisotopic (exact) mass is 491 g/mol. The fourth-order valence-electron chi connectivity index (χ4n) is 3.24. The third kappa shape index (κ3) is 4.46. The van der Waals surface area contributed by atoms with Gasteiger partial charge in [-0.1, -0.05) is 27.7 Å². The first kappa shape index (κ1) is 21.0. The van der Waals surface area contributed by atoms with Crippen molar-refractivity contribution >= 4 is 50.2 Å². The number of benzene rings is 2. The van der Waals surface area contributed by atoms with Gasteiger partial charge in [-0.2, -0.15) is 5.26 Å². The first-order chi connectivity index (χ1) is 15.1. The molecule has 1 N–H and O–H groups in total. The number of nitrogens with one attached hydrogen (secondary N) is 1. The minimum absolute atomic E-state index is 0.562. The van der Waals surface area contributed by atoms with E-state index in [0.29, 0.717) is 17.1 Å². The Morgan fingerprint density at radius 3 is 2.74 bits per heavy atom. The second kappa shape index (κ2) is 9.29. The van der Waals surface area contributed by atoms with E-state index in [-0.39, 0.29) is 0 Å². The van der Waals surface area contributed by atoms with Gasteiger partial charge in [0.15, 0.2) is 11.5 Å². The highest BCUT2D eigenvalue weighted by atomic mass is 79.9. The van der Waals surface area contributed by atoms with Crippen LogP contribution in [0.2, 0.25) is 0 Å². The molecule has 0 saturated heterocycles. The van der Waals surface area contributed by atoms with Crippen LogP contribution < -0.4 is 9.47 Å². The SMILES string of the molecule is COc1ccc(Sc2ccncc2/C=C(\C#N)c2c[nH]c3ccc(Br)cc23)cc1OC. The Hall–Kier alpha value is -3.21. The summed E-state index contributed by atoms with van der Waals surface area (Å²) in [5.74, 6) is 1.35. The zero-order valence-electron chi connectivity index (χ0n) is 16.8. The van der Waals surface area contributed by atoms with Crippen LogP contribution in [-0.2, 0) is 0 Å². The summed E-state index contributed by atoms with van der Waals surface area (Å²) in [4.78, 5) is 9.48. The summed E-state index contributed by atoms with van der Waals surface area (Å²) in [6.45, 7) is 0. The number of H-pyrrole nitrogens is 1. The topological polar surface area (TPSA) is 70.9 Å². The normalized spacial score (nSPS) is 11.4. The predicted molar refractivity (Wildman–Crippen MR) is 127 cm³/mol. The van der Waals surface area contributed by atoms with E-state index in [1.165, 1.54) is 0 Å². The number of hydrogen-bond donors (Lipinski definition) is 1. The molecule has 2 heterocycles. The summed E-state index contributed by atoms with van der Waals surface area (Å²) in [5, 5.41) is 10.9. The Morgan fingerprint density at radius 2 is 1.97 bits per heavy atom. The van der Waals surface area contributed by atoms with Gasteiger partial charge in [0.2, 0.25) is 0 Å². The van der Waals surface area contributed by atoms with Gasteiger partial charge in [0.05, 0.1) is 25.9 Å². The lowest BCUT2D eigenvalue weighted by molar-refractivity contribution is 0.354. The molecule has 5 nitrogen and oxygen atoms in total. The molecule has 4 rings (SSSR count). The van der Waals surface area contributed by atoms with Crippen LogP contribution in [0.25, 0.3) is 22.6 Å². The molecular formula is C24H18BrN3O2S. The van der Waals surface area contributed by atoms with Crippen molar-refractivity contribution in [3.8, 4) is 17.6 Å². The highest BCUT2D eigenvalue weighted by Gasteiger charge is 2.12. The smallest absolute Gasteiger partial charge is 0.161 e. The average Bonchev–Trinajstić information content (AvgIpc) is 3.21. The molecule has 31 heavy (non-hydrogen) atoms. The maximum Gasteiger partial charge on any atom is 0.161 e. The highest BCUT2D eigenvalue weighted by molar-refractivity contribution is 9.10. The number of hydrogen-bond acceptors (Lipinski definition) is 5. The van der Waals surface area contributed by atoms with Crippen molar-refractivity contribution in [3.05, 3.63) is 76.7 Å². The van der Waals surface area contributed by atoms with Crippen molar-refractivity contribution in [1.29, 1.82) is 5.26 Å². The van der Waals surface area contributed by atoms with Crippen LogP contribution in [0.1, 0.15) is 11.1 Å². The van der Waals surface area contributed by atoms with E-state index in [9.17, 15) is 5.26 Å². The lowest BCUT2D eigenvalue weighted by atomic mass is 10.0. The van der Waals surface area contributed by atoms with Gasteiger partial charge in [-0.05, 0) is 48.5 Å². The van der Waals surface area contributed by atoms with Crippen molar-refractivity contribution < 1.29 is 9.47 Å². The summed E-state index contributed by atoms with van der Waals surface area (Å²) in [6.07, 6.45) is 7.25. The Morgan fingerprint density at radius 1 is 1.13 bits per heavy atom. The standard InChI is InChI=1S/C24H18BrN3O2S/c1-29-22-6-4-18(11-23(22)30-2)31-24-7-8-27-13-16(24)9-15(12-26)20-14-28-21-5-3-17(25)10-19(20)21/h3-11,13-14,28H,1-2H3/b15-9+. The molecule has 0 atom stereocenters. The number of aromatic nitrogens is 2. The van der Waals surface area contributed by atoms with E-state index in [4.69, 9.17) is 9.47 Å². The number of methoxy groups -OCH3 is 2. The summed E-state index contributed by atoms with van der Waals surface area (Å²) >= 11 is 5.08. The van der Waals surface area contributed by atoms with E-state index in [2.05, 4.69) is 32.0 Å². The van der Waals surface area contributed by atoms with E-state index >= 15 is 0 Å². The molecule has 4 aromatic rings. The van der Waals surface area contributed by atoms with E-state index < -0.39 is 0 Å². The number of aromatic amines is 1. The van der Waals surface area contributed by atoms with Crippen LogP contribution in [0.5, 0.6) is 11.5 Å². The third-order valence-corrected chi connectivity index (χ3v) is 6.32. The molecule has 0 spiro atoms. The molecule has 0 unspecified atom stereocenters. The zero-order valence-corrected chi connectivity index (χ0v) is 19.3. The quantitative estimate of drug-likeness (QED) is 0.309. The van der Waals surface area contributed by atoms with Crippen molar-refractivity contribution in [2.75, 3.05) is 14.2 Å². The molecule has 2 aromatic carbocycles. The minimum Gasteiger partial charge on any atom is -0.493 e. The number of nitrogens with zero attached hydrogens (tertiary/aromatic N) is 2. The van der Waals surface area contributed by atoms with Gasteiger partial charge in [0.25, 0.3) is 0 Å². The van der Waals surface area contributed by atoms with Crippen LogP contribution in [-0.4, -0.2) is 24.2 Å². The highest BCUT2D eigenvalue weighted by Crippen LogP contribution is 2.37. The van der Waals surface area contributed by atoms with Crippen molar-refractivity contribution in [1.82, 2.24) is 9.97 Å². The third-order valence-electron chi connectivity index (χ3n) is 4.75. The first-order valence-electron chi connectivity index (χ1n) is 9.35. The molecule has 0 bridgehead atoms. The van der Waals surface area contributed by atoms with Crippen LogP contribution >= 0.6 is 27.7 Å². The lowest BCUT2D eigenvalue weighted by Crippen LogP contribution is -1.90. The Balaban J connectivity index is 1.73. The maximum atomic E-state index is 9.89. The fourth-order valence-corrected chi connectivity index (χ4v) is 4.52. The van der Waals surface area contributed by atoms with Crippen LogP contribution in [0.3, 0.4) is 0 Å². The Bertz CT molecular complexity index is 1320. The van der Waals surface area contributed by atoms with Crippen molar-refractivity contribution in [3.63, 3.8) is 0 Å². The van der Waals surface area contributed by atoms with Crippen LogP contribution in [0.4, 0.5) is 0 Å². The van der Waals surface area contributed by atoms with Gasteiger partial charge >= 0.3 is 0 Å². The van der Waals surface area contributed by atoms with Gasteiger partial charge in [-0.25, -0.2) is 0 Å². The minimum atomic E-state index is 0.562. The predicted octanol–water partition coefficient (Wildman–Crippen LogP) is 6.56. The van der Waals surface area contributed by atoms with Gasteiger partial charge in [0.1, 0.15) is 0 Å². The molecule has 0 aliphatic carbocycles. The Kier molecular flexibility index (Phi) is 6.31. The van der Waals surface area contributed by atoms with Crippen molar-refractivity contribution in [2.24, 2.45) is 0 Å². The van der Waals surface area contributed by atoms with Gasteiger partial charge in [0, 0.05) is 54.9 Å². The van der Waals surface area contributed by atoms with Gasteiger partial charge in [-0.15, -0.1) is 0 Å². The number of rotatable bonds is 6. The Labute approximate surface area is 192 Å². The number of nitriles is 1. The van der Waals surface area contributed by atoms with Crippen LogP contribution in [0, 0.1) is 11.3 Å². The molecular weight excluding hydrogens is 474 g/mol. The molecule has 0 fully saturated rings. The zero-order chi connectivity index (χ0) is 21.8. The molecule has 0 aliphatic rings. The molecule has 154 valence electrons. The summed E-state index contributed by atoms with van der Waals surface area (Å²) in [5.41, 5.74) is 3.25. The fraction of sp³-hybridized carbons (Fsp3) is 0.0833. The van der Waals surface area contributed by atoms with E-state index in [1.54, 1.807) is 38.4 Å². The molecule has 0 radical (unpaired) electrons. The first-order valence-corrected chi connectivity index (χ1v) is 11.0.